The summed E-state index contributed by atoms with van der Waals surface area (Å²) < 4.78 is 87.1. The largest absolute Gasteiger partial charge is 0.398 e. The van der Waals surface area contributed by atoms with Gasteiger partial charge in [-0.3, -0.25) is 4.79 Å². The maximum Gasteiger partial charge on any atom is 0.240 e. The molecule has 0 fully saturated rings. The fourth-order valence-electron chi connectivity index (χ4n) is 8.76. The average molecular weight is 1210 g/mol. The van der Waals surface area contributed by atoms with E-state index in [1.165, 1.54) is 49.1 Å². The van der Waals surface area contributed by atoms with Crippen LogP contribution in [0.1, 0.15) is 45.5 Å². The highest BCUT2D eigenvalue weighted by molar-refractivity contribution is 7.90. The number of aryl methyl sites for hydroxylation is 5. The predicted octanol–water partition coefficient (Wildman–Crippen LogP) is 9.42. The number of fused-ring (bicyclic) bond motifs is 2. The first-order valence-electron chi connectivity index (χ1n) is 25.8. The second kappa shape index (κ2) is 26.9. The van der Waals surface area contributed by atoms with Crippen LogP contribution in [0, 0.1) is 0 Å². The van der Waals surface area contributed by atoms with Gasteiger partial charge in [-0.2, -0.15) is 0 Å². The van der Waals surface area contributed by atoms with Gasteiger partial charge in [0.25, 0.3) is 0 Å². The lowest BCUT2D eigenvalue weighted by Crippen LogP contribution is -2.18. The summed E-state index contributed by atoms with van der Waals surface area (Å²) in [7, 11) is -0.664. The van der Waals surface area contributed by atoms with Crippen molar-refractivity contribution in [3.63, 3.8) is 0 Å². The molecule has 6 aromatic carbocycles. The molecule has 0 bridgehead atoms. The number of imidazole rings is 3. The highest BCUT2D eigenvalue weighted by Crippen LogP contribution is 2.32. The molecule has 0 spiro atoms. The van der Waals surface area contributed by atoms with Crippen LogP contribution in [0.5, 0.6) is 0 Å². The highest BCUT2D eigenvalue weighted by Gasteiger charge is 2.20. The highest BCUT2D eigenvalue weighted by atomic mass is 32.2. The first-order chi connectivity index (χ1) is 39.7. The van der Waals surface area contributed by atoms with Gasteiger partial charge < -0.3 is 19.4 Å². The van der Waals surface area contributed by atoms with E-state index in [1.807, 2.05) is 96.7 Å². The molecule has 0 aliphatic rings. The Hall–Kier alpha value is -8.07. The number of rotatable bonds is 16. The molecule has 19 nitrogen and oxygen atoms in total. The van der Waals surface area contributed by atoms with Crippen LogP contribution in [0.2, 0.25) is 0 Å². The van der Waals surface area contributed by atoms with Gasteiger partial charge in [-0.05, 0) is 141 Å². The van der Waals surface area contributed by atoms with Gasteiger partial charge in [0.2, 0.25) is 30.1 Å². The molecule has 0 radical (unpaired) electrons. The van der Waals surface area contributed by atoms with Crippen molar-refractivity contribution in [3.8, 4) is 33.8 Å². The van der Waals surface area contributed by atoms with Gasteiger partial charge in [-0.25, -0.2) is 64.3 Å². The molecule has 0 saturated heterocycles. The van der Waals surface area contributed by atoms with Crippen LogP contribution in [-0.4, -0.2) is 91.3 Å². The summed E-state index contributed by atoms with van der Waals surface area (Å²) in [5.41, 5.74) is 21.8. The zero-order valence-corrected chi connectivity index (χ0v) is 50.6. The maximum atomic E-state index is 12.2. The van der Waals surface area contributed by atoms with Crippen LogP contribution in [0.25, 0.3) is 54.2 Å². The molecular formula is C59H62N12O7S5. The zero-order chi connectivity index (χ0) is 59.5. The minimum Gasteiger partial charge on any atom is -0.398 e. The van der Waals surface area contributed by atoms with E-state index in [4.69, 9.17) is 5.73 Å². The number of sulfonamides is 3. The van der Waals surface area contributed by atoms with Gasteiger partial charge in [0.15, 0.2) is 0 Å². The monoisotopic (exact) mass is 1210 g/mol. The fraction of sp³-hybridized carbons (Fsp3) is 0.186. The van der Waals surface area contributed by atoms with E-state index in [9.17, 15) is 30.0 Å². The van der Waals surface area contributed by atoms with Gasteiger partial charge in [-0.1, -0.05) is 55.5 Å². The Labute approximate surface area is 491 Å². The summed E-state index contributed by atoms with van der Waals surface area (Å²) in [6.07, 6.45) is 13.9. The minimum atomic E-state index is -3.51. The van der Waals surface area contributed by atoms with Crippen molar-refractivity contribution in [2.75, 3.05) is 26.9 Å². The number of aldehydes is 1. The standard InChI is InChI=1S/C20H20N4O2S2.C20H23N3O2S.C11H14N4O2S.C8H5NOS/c1-21-28(25,26)16-7-6-15(17(10-16)19-11-24(2)12-22-19)5-3-14-4-8-18-20(9-14)27-13-23-18;1-15(16-7-5-4-6-8-16)11-17-9-10-18(26(24,25)21-2)12-19(17)20-13-23(3)14-22-20;1-13-18(16,17)8-3-4-10(12)9(5-8)11-6-15(2)7-14-11;10-4-6-1-2-7-8(3-6)11-5-9-7/h4,6-13,21H,3,5H2,1-2H3;4-10,12-15,21H,11H2,1-3H3;3-7,13H,12H2,1-2H3;1-5H/t;15-;;/m.0../s1. The lowest BCUT2D eigenvalue weighted by molar-refractivity contribution is 0.112. The Kier molecular flexibility index (Phi) is 19.8. The number of nitrogens with two attached hydrogens (primary N) is 1. The first-order valence-corrected chi connectivity index (χ1v) is 32.0. The molecular weight excluding hydrogens is 1150 g/mol. The van der Waals surface area contributed by atoms with Crippen molar-refractivity contribution in [1.29, 1.82) is 0 Å². The fourth-order valence-corrected chi connectivity index (χ4v) is 12.5. The number of nitrogen functional groups attached to an aromatic ring is 1. The molecule has 5 N–H and O–H groups in total. The molecule has 1 atom stereocenters. The lowest BCUT2D eigenvalue weighted by atomic mass is 9.91. The molecule has 0 amide bonds. The summed E-state index contributed by atoms with van der Waals surface area (Å²) in [4.78, 5) is 32.4. The Morgan fingerprint density at radius 1 is 0.530 bits per heavy atom. The third-order valence-corrected chi connectivity index (χ3v) is 19.2. The molecule has 11 aromatic rings. The molecule has 5 aromatic heterocycles. The number of hydrogen-bond donors (Lipinski definition) is 4. The number of thiazole rings is 2. The van der Waals surface area contributed by atoms with Crippen LogP contribution < -0.4 is 19.9 Å². The number of nitrogens with one attached hydrogen (secondary N) is 3. The van der Waals surface area contributed by atoms with E-state index in [0.717, 1.165) is 74.9 Å². The van der Waals surface area contributed by atoms with Crippen molar-refractivity contribution in [1.82, 2.24) is 52.8 Å². The average Bonchev–Trinajstić information content (AvgIpc) is 4.60. The maximum absolute atomic E-state index is 12.2. The van der Waals surface area contributed by atoms with Crippen LogP contribution >= 0.6 is 22.7 Å². The number of nitrogens with zero attached hydrogens (tertiary/aromatic N) is 8. The molecule has 5 heterocycles. The molecule has 0 aliphatic carbocycles. The number of anilines is 1. The normalized spacial score (nSPS) is 11.9. The number of carbonyl (C=O) groups excluding carboxylic acids is 1. The smallest absolute Gasteiger partial charge is 0.240 e. The molecule has 24 heteroatoms. The van der Waals surface area contributed by atoms with Crippen molar-refractivity contribution in [2.45, 2.75) is 46.8 Å². The second-order valence-electron chi connectivity index (χ2n) is 19.2. The second-order valence-corrected chi connectivity index (χ2v) is 26.6. The molecule has 83 heavy (non-hydrogen) atoms. The van der Waals surface area contributed by atoms with Gasteiger partial charge >= 0.3 is 0 Å². The van der Waals surface area contributed by atoms with Crippen molar-refractivity contribution < 1.29 is 30.0 Å². The summed E-state index contributed by atoms with van der Waals surface area (Å²) in [6.45, 7) is 2.18. The van der Waals surface area contributed by atoms with Crippen molar-refractivity contribution in [3.05, 3.63) is 198 Å². The number of carbonyl (C=O) groups is 1. The van der Waals surface area contributed by atoms with Crippen molar-refractivity contribution >= 4 is 85.2 Å². The molecule has 11 rings (SSSR count). The van der Waals surface area contributed by atoms with Crippen LogP contribution in [0.15, 0.2) is 185 Å². The Bertz CT molecular complexity index is 4380. The third-order valence-electron chi connectivity index (χ3n) is 13.3. The van der Waals surface area contributed by atoms with Gasteiger partial charge in [0.1, 0.15) is 6.29 Å². The van der Waals surface area contributed by atoms with Crippen molar-refractivity contribution in [2.24, 2.45) is 21.1 Å². The van der Waals surface area contributed by atoms with E-state index in [-0.39, 0.29) is 14.7 Å². The summed E-state index contributed by atoms with van der Waals surface area (Å²) >= 11 is 3.18. The van der Waals surface area contributed by atoms with E-state index in [2.05, 4.69) is 70.3 Å². The van der Waals surface area contributed by atoms with Gasteiger partial charge in [0.05, 0.1) is 82.2 Å². The minimum absolute atomic E-state index is 0.167. The van der Waals surface area contributed by atoms with Crippen LogP contribution in [0.3, 0.4) is 0 Å². The topological polar surface area (TPSA) is 261 Å². The van der Waals surface area contributed by atoms with E-state index in [1.54, 1.807) is 94.3 Å². The molecule has 0 aliphatic heterocycles. The summed E-state index contributed by atoms with van der Waals surface area (Å²) in [5.74, 6) is 0.311. The summed E-state index contributed by atoms with van der Waals surface area (Å²) in [5, 5.41) is 0. The van der Waals surface area contributed by atoms with Gasteiger partial charge in [0, 0.05) is 67.7 Å². The Balaban J connectivity index is 0.000000151. The zero-order valence-electron chi connectivity index (χ0n) is 46.5. The number of aromatic nitrogens is 8. The number of benzene rings is 6. The Morgan fingerprint density at radius 3 is 1.48 bits per heavy atom. The predicted molar refractivity (Wildman–Crippen MR) is 330 cm³/mol. The SMILES string of the molecule is CNS(=O)(=O)c1ccc(CCc2ccc3ncsc3c2)c(-c2cn(C)cn2)c1.CNS(=O)(=O)c1ccc(C[C@H](C)c2ccccc2)c(-c2cn(C)cn2)c1.CNS(=O)(=O)c1ccc(N)c(-c2cn(C)cn2)c1.O=Cc1ccc2ncsc2c1. The molecule has 0 saturated carbocycles. The van der Waals surface area contributed by atoms with Crippen LogP contribution in [0.4, 0.5) is 5.69 Å². The third kappa shape index (κ3) is 15.3. The van der Waals surface area contributed by atoms with E-state index >= 15 is 0 Å². The van der Waals surface area contributed by atoms with Crippen LogP contribution in [-0.2, 0) is 70.5 Å². The number of hydrogen-bond acceptors (Lipinski definition) is 15. The summed E-state index contributed by atoms with van der Waals surface area (Å²) in [6, 6.07) is 37.2. The molecule has 0 unspecified atom stereocenters. The van der Waals surface area contributed by atoms with Gasteiger partial charge in [-0.15, -0.1) is 22.7 Å². The Morgan fingerprint density at radius 2 is 0.988 bits per heavy atom. The lowest BCUT2D eigenvalue weighted by Gasteiger charge is -2.16. The van der Waals surface area contributed by atoms with E-state index < -0.39 is 30.1 Å². The molecule has 430 valence electrons. The van der Waals surface area contributed by atoms with E-state index in [0.29, 0.717) is 28.4 Å². The quantitative estimate of drug-likeness (QED) is 0.0520. The first kappa shape index (κ1) is 61.0.